The lowest BCUT2D eigenvalue weighted by molar-refractivity contribution is 0.0896. The van der Waals surface area contributed by atoms with Crippen molar-refractivity contribution >= 4 is 17.4 Å². The van der Waals surface area contributed by atoms with Crippen molar-refractivity contribution in [2.24, 2.45) is 5.41 Å². The highest BCUT2D eigenvalue weighted by molar-refractivity contribution is 7.09. The topological polar surface area (TPSA) is 48.5 Å². The normalized spacial score (nSPS) is 26.0. The molecule has 2 saturated heterocycles. The Kier molecular flexibility index (Phi) is 4.68. The van der Waals surface area contributed by atoms with Gasteiger partial charge in [-0.25, -0.2) is 9.78 Å². The number of nitrogens with zero attached hydrogens (tertiary/aromatic N) is 3. The zero-order chi connectivity index (χ0) is 15.6. The average molecular weight is 322 g/mol. The molecule has 1 aromatic heterocycles. The molecular weight excluding hydrogens is 296 g/mol. The first-order valence-corrected chi connectivity index (χ1v) is 9.10. The Labute approximate surface area is 136 Å². The van der Waals surface area contributed by atoms with E-state index in [9.17, 15) is 4.79 Å². The molecule has 0 bridgehead atoms. The fourth-order valence-electron chi connectivity index (χ4n) is 3.75. The number of hydrogen-bond acceptors (Lipinski definition) is 4. The monoisotopic (exact) mass is 322 g/mol. The Bertz CT molecular complexity index is 504. The van der Waals surface area contributed by atoms with Crippen molar-refractivity contribution in [3.8, 4) is 0 Å². The standard InChI is InChI=1S/C16H26N4OS/c1-13(2)18-15(21)20-8-5-16(12-20)4-3-7-19(11-16)10-14-17-6-9-22-14/h6,9,13H,3-5,7-8,10-12H2,1-2H3,(H,18,21)/t16-/m1/s1. The van der Waals surface area contributed by atoms with Crippen LogP contribution in [-0.4, -0.2) is 53.0 Å². The number of urea groups is 1. The van der Waals surface area contributed by atoms with Crippen LogP contribution < -0.4 is 5.32 Å². The summed E-state index contributed by atoms with van der Waals surface area (Å²) < 4.78 is 0. The van der Waals surface area contributed by atoms with Crippen LogP contribution in [0.4, 0.5) is 4.79 Å². The van der Waals surface area contributed by atoms with E-state index in [4.69, 9.17) is 0 Å². The summed E-state index contributed by atoms with van der Waals surface area (Å²) in [6.07, 6.45) is 5.48. The van der Waals surface area contributed by atoms with Crippen molar-refractivity contribution in [2.75, 3.05) is 26.2 Å². The molecule has 0 saturated carbocycles. The zero-order valence-corrected chi connectivity index (χ0v) is 14.4. The van der Waals surface area contributed by atoms with E-state index in [1.54, 1.807) is 11.3 Å². The Morgan fingerprint density at radius 3 is 3.00 bits per heavy atom. The number of nitrogens with one attached hydrogen (secondary N) is 1. The van der Waals surface area contributed by atoms with Crippen LogP contribution in [0.1, 0.15) is 38.1 Å². The smallest absolute Gasteiger partial charge is 0.317 e. The van der Waals surface area contributed by atoms with E-state index >= 15 is 0 Å². The molecule has 0 radical (unpaired) electrons. The number of rotatable bonds is 3. The summed E-state index contributed by atoms with van der Waals surface area (Å²) in [5.74, 6) is 0. The predicted octanol–water partition coefficient (Wildman–Crippen LogP) is 2.55. The van der Waals surface area contributed by atoms with Crippen LogP contribution in [0.25, 0.3) is 0 Å². The van der Waals surface area contributed by atoms with Crippen molar-refractivity contribution in [1.82, 2.24) is 20.1 Å². The van der Waals surface area contributed by atoms with Gasteiger partial charge in [-0.3, -0.25) is 4.90 Å². The Morgan fingerprint density at radius 1 is 1.41 bits per heavy atom. The Hall–Kier alpha value is -1.14. The van der Waals surface area contributed by atoms with E-state index in [2.05, 4.69) is 15.2 Å². The second-order valence-electron chi connectivity index (χ2n) is 7.02. The molecule has 0 unspecified atom stereocenters. The van der Waals surface area contributed by atoms with E-state index in [1.807, 2.05) is 30.3 Å². The molecule has 2 aliphatic heterocycles. The van der Waals surface area contributed by atoms with Gasteiger partial charge in [0, 0.05) is 42.7 Å². The zero-order valence-electron chi connectivity index (χ0n) is 13.5. The summed E-state index contributed by atoms with van der Waals surface area (Å²) in [5, 5.41) is 6.26. The van der Waals surface area contributed by atoms with Gasteiger partial charge < -0.3 is 10.2 Å². The first-order valence-electron chi connectivity index (χ1n) is 8.22. The minimum absolute atomic E-state index is 0.101. The second-order valence-corrected chi connectivity index (χ2v) is 7.99. The van der Waals surface area contributed by atoms with Crippen LogP contribution in [0, 0.1) is 5.41 Å². The molecule has 1 aromatic rings. The quantitative estimate of drug-likeness (QED) is 0.930. The van der Waals surface area contributed by atoms with E-state index in [0.29, 0.717) is 5.41 Å². The fraction of sp³-hybridized carbons (Fsp3) is 0.750. The van der Waals surface area contributed by atoms with Crippen molar-refractivity contribution in [3.05, 3.63) is 16.6 Å². The van der Waals surface area contributed by atoms with Crippen molar-refractivity contribution in [1.29, 1.82) is 0 Å². The number of piperidine rings is 1. The van der Waals surface area contributed by atoms with E-state index in [-0.39, 0.29) is 12.1 Å². The van der Waals surface area contributed by atoms with Gasteiger partial charge in [-0.1, -0.05) is 0 Å². The van der Waals surface area contributed by atoms with Gasteiger partial charge in [-0.15, -0.1) is 11.3 Å². The molecule has 2 aliphatic rings. The molecule has 22 heavy (non-hydrogen) atoms. The van der Waals surface area contributed by atoms with E-state index in [0.717, 1.165) is 39.1 Å². The van der Waals surface area contributed by atoms with Crippen LogP contribution in [0.5, 0.6) is 0 Å². The maximum Gasteiger partial charge on any atom is 0.317 e. The van der Waals surface area contributed by atoms with E-state index < -0.39 is 0 Å². The third-order valence-corrected chi connectivity index (χ3v) is 5.48. The molecule has 0 aromatic carbocycles. The summed E-state index contributed by atoms with van der Waals surface area (Å²) in [6.45, 7) is 9.03. The minimum atomic E-state index is 0.101. The first kappa shape index (κ1) is 15.7. The van der Waals surface area contributed by atoms with Gasteiger partial charge in [0.15, 0.2) is 0 Å². The minimum Gasteiger partial charge on any atom is -0.336 e. The number of carbonyl (C=O) groups is 1. The number of amides is 2. The molecule has 0 aliphatic carbocycles. The SMILES string of the molecule is CC(C)NC(=O)N1CC[C@@]2(CCCN(Cc3nccs3)C2)C1. The van der Waals surface area contributed by atoms with Crippen molar-refractivity contribution in [3.63, 3.8) is 0 Å². The van der Waals surface area contributed by atoms with Crippen LogP contribution >= 0.6 is 11.3 Å². The number of carbonyl (C=O) groups excluding carboxylic acids is 1. The maximum atomic E-state index is 12.2. The molecule has 6 heteroatoms. The third kappa shape index (κ3) is 3.60. The molecular formula is C16H26N4OS. The molecule has 1 spiro atoms. The summed E-state index contributed by atoms with van der Waals surface area (Å²) in [5.41, 5.74) is 0.295. The second kappa shape index (κ2) is 6.54. The fourth-order valence-corrected chi connectivity index (χ4v) is 4.40. The van der Waals surface area contributed by atoms with E-state index in [1.165, 1.54) is 17.8 Å². The molecule has 2 amide bonds. The highest BCUT2D eigenvalue weighted by Crippen LogP contribution is 2.39. The van der Waals surface area contributed by atoms with Crippen LogP contribution in [0.2, 0.25) is 0 Å². The number of thiazole rings is 1. The lowest BCUT2D eigenvalue weighted by Gasteiger charge is -2.40. The van der Waals surface area contributed by atoms with Crippen molar-refractivity contribution in [2.45, 2.75) is 45.7 Å². The van der Waals surface area contributed by atoms with Crippen LogP contribution in [0.15, 0.2) is 11.6 Å². The van der Waals surface area contributed by atoms with Crippen LogP contribution in [-0.2, 0) is 6.54 Å². The highest BCUT2D eigenvalue weighted by Gasteiger charge is 2.42. The van der Waals surface area contributed by atoms with Gasteiger partial charge in [0.2, 0.25) is 0 Å². The lowest BCUT2D eigenvalue weighted by atomic mass is 9.79. The summed E-state index contributed by atoms with van der Waals surface area (Å²) in [4.78, 5) is 21.1. The third-order valence-electron chi connectivity index (χ3n) is 4.72. The Morgan fingerprint density at radius 2 is 2.27 bits per heavy atom. The number of likely N-dealkylation sites (tertiary alicyclic amines) is 2. The predicted molar refractivity (Wildman–Crippen MR) is 88.9 cm³/mol. The van der Waals surface area contributed by atoms with Gasteiger partial charge in [0.1, 0.15) is 5.01 Å². The summed E-state index contributed by atoms with van der Waals surface area (Å²) in [6, 6.07) is 0.306. The average Bonchev–Trinajstić information content (AvgIpc) is 3.09. The molecule has 3 heterocycles. The molecule has 5 nitrogen and oxygen atoms in total. The first-order chi connectivity index (χ1) is 10.6. The summed E-state index contributed by atoms with van der Waals surface area (Å²) >= 11 is 1.73. The molecule has 122 valence electrons. The maximum absolute atomic E-state index is 12.2. The van der Waals surface area contributed by atoms with Gasteiger partial charge >= 0.3 is 6.03 Å². The lowest BCUT2D eigenvalue weighted by Crippen LogP contribution is -2.47. The number of hydrogen-bond donors (Lipinski definition) is 1. The molecule has 2 fully saturated rings. The van der Waals surface area contributed by atoms with Gasteiger partial charge in [-0.2, -0.15) is 0 Å². The summed E-state index contributed by atoms with van der Waals surface area (Å²) in [7, 11) is 0. The largest absolute Gasteiger partial charge is 0.336 e. The molecule has 3 rings (SSSR count). The Balaban J connectivity index is 1.58. The van der Waals surface area contributed by atoms with Gasteiger partial charge in [0.05, 0.1) is 6.54 Å². The molecule has 1 atom stereocenters. The van der Waals surface area contributed by atoms with Gasteiger partial charge in [0.25, 0.3) is 0 Å². The highest BCUT2D eigenvalue weighted by atomic mass is 32.1. The van der Waals surface area contributed by atoms with Crippen molar-refractivity contribution < 1.29 is 4.79 Å². The van der Waals surface area contributed by atoms with Gasteiger partial charge in [-0.05, 0) is 39.7 Å². The number of aromatic nitrogens is 1. The van der Waals surface area contributed by atoms with Crippen LogP contribution in [0.3, 0.4) is 0 Å². The molecule has 1 N–H and O–H groups in total.